The summed E-state index contributed by atoms with van der Waals surface area (Å²) in [7, 11) is 0. The minimum Gasteiger partial charge on any atom is -0.454 e. The minimum atomic E-state index is -0.619. The Morgan fingerprint density at radius 3 is 2.68 bits per heavy atom. The zero-order valence-electron chi connectivity index (χ0n) is 22.2. The van der Waals surface area contributed by atoms with Crippen LogP contribution in [0.5, 0.6) is 11.5 Å². The first-order valence-electron chi connectivity index (χ1n) is 13.8. The van der Waals surface area contributed by atoms with E-state index in [1.54, 1.807) is 6.20 Å². The number of benzene rings is 1. The van der Waals surface area contributed by atoms with Crippen molar-refractivity contribution < 1.29 is 19.7 Å². The number of hydrogen-bond donors (Lipinski definition) is 4. The van der Waals surface area contributed by atoms with E-state index in [-0.39, 0.29) is 6.79 Å². The van der Waals surface area contributed by atoms with Crippen LogP contribution in [0.2, 0.25) is 0 Å². The molecule has 2 atom stereocenters. The number of aliphatic hydroxyl groups excluding tert-OH is 2. The van der Waals surface area contributed by atoms with E-state index >= 15 is 0 Å². The van der Waals surface area contributed by atoms with Crippen LogP contribution in [-0.4, -0.2) is 96.5 Å². The van der Waals surface area contributed by atoms with E-state index in [1.807, 2.05) is 24.3 Å². The number of ether oxygens (including phenoxy) is 2. The van der Waals surface area contributed by atoms with E-state index in [9.17, 15) is 10.2 Å². The first-order valence-corrected chi connectivity index (χ1v) is 13.8. The number of nitrogens with zero attached hydrogens (tertiary/aromatic N) is 3. The number of likely N-dealkylation sites (tertiary alicyclic amines) is 1. The Labute approximate surface area is 221 Å². The number of allylic oxidation sites excluding steroid dienone is 1. The van der Waals surface area contributed by atoms with Gasteiger partial charge in [-0.2, -0.15) is 0 Å². The average molecular weight is 516 g/mol. The van der Waals surface area contributed by atoms with Gasteiger partial charge in [-0.1, -0.05) is 19.1 Å². The highest BCUT2D eigenvalue weighted by molar-refractivity contribution is 5.44. The van der Waals surface area contributed by atoms with Crippen molar-refractivity contribution in [3.05, 3.63) is 47.7 Å². The molecule has 0 aliphatic carbocycles. The Kier molecular flexibility index (Phi) is 10.7. The molecule has 0 aromatic heterocycles. The molecule has 2 saturated heterocycles. The summed E-state index contributed by atoms with van der Waals surface area (Å²) in [5.74, 6) is 1.83. The van der Waals surface area contributed by atoms with Gasteiger partial charge in [0.15, 0.2) is 11.5 Å². The molecule has 9 heteroatoms. The Morgan fingerprint density at radius 1 is 1.08 bits per heavy atom. The van der Waals surface area contributed by atoms with Crippen molar-refractivity contribution in [2.24, 2.45) is 11.7 Å². The SMILES string of the molecule is CC/C=C(\C=C/N)CN1CCC(C(O)N2CCCN(CC(O)NCc3ccc4c(c3)OCO4)CC2)CC1. The van der Waals surface area contributed by atoms with E-state index in [2.05, 4.69) is 33.0 Å². The van der Waals surface area contributed by atoms with Gasteiger partial charge < -0.3 is 25.4 Å². The third-order valence-corrected chi connectivity index (χ3v) is 7.64. The van der Waals surface area contributed by atoms with E-state index < -0.39 is 12.5 Å². The molecule has 3 aliphatic heterocycles. The second kappa shape index (κ2) is 14.1. The van der Waals surface area contributed by atoms with Gasteiger partial charge in [0.25, 0.3) is 0 Å². The van der Waals surface area contributed by atoms with E-state index in [0.717, 1.165) is 88.6 Å². The van der Waals surface area contributed by atoms with Crippen molar-refractivity contribution >= 4 is 0 Å². The summed E-state index contributed by atoms with van der Waals surface area (Å²) in [6.45, 7) is 9.95. The second-order valence-electron chi connectivity index (χ2n) is 10.3. The highest BCUT2D eigenvalue weighted by Gasteiger charge is 2.30. The van der Waals surface area contributed by atoms with Crippen molar-refractivity contribution in [2.45, 2.75) is 51.6 Å². The topological polar surface area (TPSA) is 107 Å². The van der Waals surface area contributed by atoms with E-state index in [4.69, 9.17) is 15.2 Å². The van der Waals surface area contributed by atoms with Crippen LogP contribution in [0.25, 0.3) is 0 Å². The van der Waals surface area contributed by atoms with Crippen molar-refractivity contribution in [1.29, 1.82) is 0 Å². The van der Waals surface area contributed by atoms with Gasteiger partial charge >= 0.3 is 0 Å². The zero-order valence-corrected chi connectivity index (χ0v) is 22.2. The molecule has 2 unspecified atom stereocenters. The third kappa shape index (κ3) is 8.17. The molecule has 9 nitrogen and oxygen atoms in total. The number of nitrogens with two attached hydrogens (primary N) is 1. The van der Waals surface area contributed by atoms with Crippen LogP contribution < -0.4 is 20.5 Å². The zero-order chi connectivity index (χ0) is 26.0. The summed E-state index contributed by atoms with van der Waals surface area (Å²) < 4.78 is 10.8. The van der Waals surface area contributed by atoms with Crippen LogP contribution in [-0.2, 0) is 6.54 Å². The fraction of sp³-hybridized carbons (Fsp3) is 0.643. The summed E-state index contributed by atoms with van der Waals surface area (Å²) >= 11 is 0. The van der Waals surface area contributed by atoms with Crippen LogP contribution in [0.3, 0.4) is 0 Å². The van der Waals surface area contributed by atoms with Crippen molar-refractivity contribution in [3.63, 3.8) is 0 Å². The van der Waals surface area contributed by atoms with Crippen molar-refractivity contribution in [3.8, 4) is 11.5 Å². The second-order valence-corrected chi connectivity index (χ2v) is 10.3. The Bertz CT molecular complexity index is 903. The molecule has 4 rings (SSSR count). The Morgan fingerprint density at radius 2 is 1.89 bits per heavy atom. The molecule has 0 saturated carbocycles. The summed E-state index contributed by atoms with van der Waals surface area (Å²) in [5.41, 5.74) is 7.92. The molecule has 2 fully saturated rings. The number of piperidine rings is 1. The van der Waals surface area contributed by atoms with Gasteiger partial charge in [-0.25, -0.2) is 0 Å². The lowest BCUT2D eigenvalue weighted by molar-refractivity contribution is -0.0554. The van der Waals surface area contributed by atoms with Gasteiger partial charge in [-0.15, -0.1) is 0 Å². The maximum absolute atomic E-state index is 11.2. The Hall–Kier alpha value is -2.14. The van der Waals surface area contributed by atoms with Gasteiger partial charge in [0.05, 0.1) is 0 Å². The first kappa shape index (κ1) is 27.9. The molecular weight excluding hydrogens is 470 g/mol. The predicted molar refractivity (Wildman–Crippen MR) is 145 cm³/mol. The summed E-state index contributed by atoms with van der Waals surface area (Å²) in [5, 5.41) is 25.0. The lowest BCUT2D eigenvalue weighted by Crippen LogP contribution is -2.47. The van der Waals surface area contributed by atoms with Gasteiger partial charge in [-0.3, -0.25) is 20.0 Å². The van der Waals surface area contributed by atoms with Crippen molar-refractivity contribution in [1.82, 2.24) is 20.0 Å². The standard InChI is InChI=1S/C28H45N5O4/c1-2-4-22(7-10-29)19-32-13-8-24(9-14-32)28(35)33-12-3-11-31(15-16-33)20-27(34)30-18-23-5-6-25-26(17-23)37-21-36-25/h4-7,10,17,24,27-28,30,34-35H,2-3,8-9,11-16,18-21,29H2,1H3/b10-7-,22-4+. The first-order chi connectivity index (χ1) is 18.1. The number of nitrogens with one attached hydrogen (secondary N) is 1. The minimum absolute atomic E-state index is 0.263. The lowest BCUT2D eigenvalue weighted by Gasteiger charge is -2.38. The highest BCUT2D eigenvalue weighted by Crippen LogP contribution is 2.32. The average Bonchev–Trinajstić information content (AvgIpc) is 3.25. The van der Waals surface area contributed by atoms with Gasteiger partial charge in [0, 0.05) is 45.2 Å². The number of hydrogen-bond acceptors (Lipinski definition) is 9. The van der Waals surface area contributed by atoms with Gasteiger partial charge in [0.2, 0.25) is 6.79 Å². The van der Waals surface area contributed by atoms with Crippen LogP contribution in [0, 0.1) is 5.92 Å². The predicted octanol–water partition coefficient (Wildman–Crippen LogP) is 1.67. The fourth-order valence-electron chi connectivity index (χ4n) is 5.57. The van der Waals surface area contributed by atoms with Gasteiger partial charge in [0.1, 0.15) is 12.5 Å². The largest absolute Gasteiger partial charge is 0.454 e. The third-order valence-electron chi connectivity index (χ3n) is 7.64. The number of rotatable bonds is 11. The molecule has 3 heterocycles. The molecule has 37 heavy (non-hydrogen) atoms. The maximum atomic E-state index is 11.2. The Balaban J connectivity index is 1.17. The van der Waals surface area contributed by atoms with E-state index in [1.165, 1.54) is 5.57 Å². The van der Waals surface area contributed by atoms with Crippen LogP contribution in [0.1, 0.15) is 38.2 Å². The molecule has 1 aromatic carbocycles. The molecule has 0 amide bonds. The highest BCUT2D eigenvalue weighted by atomic mass is 16.7. The number of fused-ring (bicyclic) bond motifs is 1. The van der Waals surface area contributed by atoms with Gasteiger partial charge in [-0.05, 0) is 80.9 Å². The number of β-amino-alcohol motifs (C(OH)–C–C–N with tert-alkyl or cyclic N) is 1. The van der Waals surface area contributed by atoms with Crippen molar-refractivity contribution in [2.75, 3.05) is 59.2 Å². The molecule has 206 valence electrons. The van der Waals surface area contributed by atoms with Crippen LogP contribution in [0.4, 0.5) is 0 Å². The lowest BCUT2D eigenvalue weighted by atomic mass is 9.93. The fourth-order valence-corrected chi connectivity index (χ4v) is 5.57. The summed E-state index contributed by atoms with van der Waals surface area (Å²) in [6, 6.07) is 5.85. The quantitative estimate of drug-likeness (QED) is 0.259. The van der Waals surface area contributed by atoms with Crippen LogP contribution >= 0.6 is 0 Å². The van der Waals surface area contributed by atoms with Crippen LogP contribution in [0.15, 0.2) is 42.1 Å². The summed E-state index contributed by atoms with van der Waals surface area (Å²) in [4.78, 5) is 7.00. The molecule has 0 radical (unpaired) electrons. The molecule has 1 aromatic rings. The molecule has 0 spiro atoms. The number of aliphatic hydroxyl groups is 2. The smallest absolute Gasteiger partial charge is 0.231 e. The molecular formula is C28H45N5O4. The molecule has 5 N–H and O–H groups in total. The van der Waals surface area contributed by atoms with E-state index in [0.29, 0.717) is 19.0 Å². The monoisotopic (exact) mass is 515 g/mol. The molecule has 3 aliphatic rings. The summed E-state index contributed by atoms with van der Waals surface area (Å²) in [6.07, 6.45) is 8.85. The molecule has 0 bridgehead atoms. The maximum Gasteiger partial charge on any atom is 0.231 e. The normalized spacial score (nSPS) is 22.4.